The lowest BCUT2D eigenvalue weighted by Crippen LogP contribution is -2.28. The third kappa shape index (κ3) is 4.60. The average Bonchev–Trinajstić information content (AvgIpc) is 2.74. The zero-order valence-electron chi connectivity index (χ0n) is 16.0. The van der Waals surface area contributed by atoms with Crippen molar-refractivity contribution in [3.63, 3.8) is 0 Å². The van der Waals surface area contributed by atoms with Gasteiger partial charge in [0, 0.05) is 24.0 Å². The maximum atomic E-state index is 12.6. The first kappa shape index (κ1) is 20.5. The average molecular weight is 414 g/mol. The number of aromatic hydroxyl groups is 1. The summed E-state index contributed by atoms with van der Waals surface area (Å²) in [6.45, 7) is 0.417. The molecule has 0 unspecified atom stereocenters. The molecule has 150 valence electrons. The maximum Gasteiger partial charge on any atom is 0.336 e. The van der Waals surface area contributed by atoms with Crippen molar-refractivity contribution in [1.82, 2.24) is 4.90 Å². The van der Waals surface area contributed by atoms with Crippen molar-refractivity contribution >= 4 is 23.5 Å². The molecule has 0 amide bonds. The number of carbonyl (C=O) groups excluding carboxylic acids is 2. The second-order valence-corrected chi connectivity index (χ2v) is 6.91. The lowest BCUT2D eigenvalue weighted by Gasteiger charge is -2.30. The number of hydrogen-bond acceptors (Lipinski definition) is 6. The van der Waals surface area contributed by atoms with Crippen LogP contribution in [0.3, 0.4) is 0 Å². The van der Waals surface area contributed by atoms with Crippen LogP contribution >= 0.6 is 11.6 Å². The number of benzene rings is 2. The fourth-order valence-corrected chi connectivity index (χ4v) is 3.33. The molecule has 1 aliphatic heterocycles. The Bertz CT molecular complexity index is 930. The van der Waals surface area contributed by atoms with Crippen molar-refractivity contribution < 1.29 is 24.2 Å². The first-order chi connectivity index (χ1) is 13.9. The molecule has 0 aromatic heterocycles. The highest BCUT2D eigenvalue weighted by Gasteiger charge is 2.35. The number of hydrogen-bond donors (Lipinski definition) is 1. The molecule has 2 aromatic rings. The summed E-state index contributed by atoms with van der Waals surface area (Å²) < 4.78 is 9.92. The van der Waals surface area contributed by atoms with Gasteiger partial charge in [0.1, 0.15) is 5.75 Å². The third-order valence-electron chi connectivity index (χ3n) is 4.58. The van der Waals surface area contributed by atoms with Crippen LogP contribution in [0, 0.1) is 0 Å². The van der Waals surface area contributed by atoms with Gasteiger partial charge in [0.2, 0.25) is 0 Å². The molecule has 0 fully saturated rings. The molecule has 0 spiro atoms. The van der Waals surface area contributed by atoms with Crippen LogP contribution < -0.4 is 0 Å². The molecule has 0 radical (unpaired) electrons. The monoisotopic (exact) mass is 413 g/mol. The van der Waals surface area contributed by atoms with Gasteiger partial charge in [0.05, 0.1) is 31.3 Å². The van der Waals surface area contributed by atoms with E-state index in [1.54, 1.807) is 41.6 Å². The summed E-state index contributed by atoms with van der Waals surface area (Å²) in [4.78, 5) is 26.8. The van der Waals surface area contributed by atoms with Crippen LogP contribution in [-0.4, -0.2) is 36.2 Å². The Hall–Kier alpha value is -3.25. The molecule has 6 nitrogen and oxygen atoms in total. The molecule has 0 aliphatic carbocycles. The summed E-state index contributed by atoms with van der Waals surface area (Å²) in [5, 5.41) is 10.2. The number of esters is 2. The molecule has 0 bridgehead atoms. The summed E-state index contributed by atoms with van der Waals surface area (Å²) in [6.07, 6.45) is 3.31. The first-order valence-corrected chi connectivity index (χ1v) is 9.20. The van der Waals surface area contributed by atoms with Crippen molar-refractivity contribution in [2.24, 2.45) is 0 Å². The summed E-state index contributed by atoms with van der Waals surface area (Å²) in [7, 11) is 2.58. The molecule has 0 atom stereocenters. The van der Waals surface area contributed by atoms with Gasteiger partial charge in [-0.1, -0.05) is 35.9 Å². The van der Waals surface area contributed by atoms with E-state index in [1.165, 1.54) is 26.4 Å². The number of phenolic OH excluding ortho intramolecular Hbond substituents is 1. The topological polar surface area (TPSA) is 76.1 Å². The van der Waals surface area contributed by atoms with Crippen molar-refractivity contribution in [3.8, 4) is 5.75 Å². The van der Waals surface area contributed by atoms with Crippen LogP contribution in [0.1, 0.15) is 17.0 Å². The number of rotatable bonds is 5. The maximum absolute atomic E-state index is 12.6. The number of nitrogens with zero attached hydrogens (tertiary/aromatic N) is 1. The van der Waals surface area contributed by atoms with E-state index in [9.17, 15) is 14.7 Å². The Morgan fingerprint density at radius 3 is 1.93 bits per heavy atom. The lowest BCUT2D eigenvalue weighted by atomic mass is 9.83. The van der Waals surface area contributed by atoms with Gasteiger partial charge < -0.3 is 19.5 Å². The Balaban J connectivity index is 2.05. The highest BCUT2D eigenvalue weighted by atomic mass is 35.5. The number of ether oxygens (including phenoxy) is 2. The molecular formula is C22H20ClNO5. The van der Waals surface area contributed by atoms with Crippen LogP contribution in [0.4, 0.5) is 0 Å². The molecule has 0 saturated carbocycles. The van der Waals surface area contributed by atoms with Gasteiger partial charge in [0.25, 0.3) is 0 Å². The van der Waals surface area contributed by atoms with E-state index in [-0.39, 0.29) is 16.9 Å². The first-order valence-electron chi connectivity index (χ1n) is 8.82. The lowest BCUT2D eigenvalue weighted by molar-refractivity contribution is -0.137. The Morgan fingerprint density at radius 2 is 1.45 bits per heavy atom. The Kier molecular flexibility index (Phi) is 6.24. The van der Waals surface area contributed by atoms with Gasteiger partial charge in [-0.3, -0.25) is 0 Å². The molecule has 1 N–H and O–H groups in total. The third-order valence-corrected chi connectivity index (χ3v) is 4.83. The Morgan fingerprint density at radius 1 is 0.931 bits per heavy atom. The normalized spacial score (nSPS) is 14.1. The Labute approximate surface area is 173 Å². The molecule has 29 heavy (non-hydrogen) atoms. The van der Waals surface area contributed by atoms with Gasteiger partial charge in [-0.15, -0.1) is 0 Å². The molecule has 3 rings (SSSR count). The van der Waals surface area contributed by atoms with Crippen molar-refractivity contribution in [3.05, 3.63) is 88.2 Å². The largest absolute Gasteiger partial charge is 0.508 e. The highest BCUT2D eigenvalue weighted by Crippen LogP contribution is 2.38. The van der Waals surface area contributed by atoms with Crippen LogP contribution in [0.2, 0.25) is 5.02 Å². The summed E-state index contributed by atoms with van der Waals surface area (Å²) in [5.74, 6) is -1.71. The number of methoxy groups -OCH3 is 2. The molecular weight excluding hydrogens is 394 g/mol. The van der Waals surface area contributed by atoms with Crippen LogP contribution in [-0.2, 0) is 25.6 Å². The van der Waals surface area contributed by atoms with Gasteiger partial charge in [-0.2, -0.15) is 0 Å². The van der Waals surface area contributed by atoms with E-state index in [4.69, 9.17) is 21.1 Å². The second-order valence-electron chi connectivity index (χ2n) is 6.48. The quantitative estimate of drug-likeness (QED) is 0.752. The van der Waals surface area contributed by atoms with Gasteiger partial charge in [-0.05, 0) is 35.4 Å². The summed E-state index contributed by atoms with van der Waals surface area (Å²) in [6, 6.07) is 13.6. The fourth-order valence-electron chi connectivity index (χ4n) is 3.21. The summed E-state index contributed by atoms with van der Waals surface area (Å²) >= 11 is 5.94. The molecule has 0 saturated heterocycles. The molecule has 1 heterocycles. The van der Waals surface area contributed by atoms with Crippen LogP contribution in [0.5, 0.6) is 5.75 Å². The van der Waals surface area contributed by atoms with Gasteiger partial charge in [0.15, 0.2) is 0 Å². The highest BCUT2D eigenvalue weighted by molar-refractivity contribution is 6.30. The second kappa shape index (κ2) is 8.84. The molecule has 2 aromatic carbocycles. The number of carbonyl (C=O) groups is 2. The predicted molar refractivity (Wildman–Crippen MR) is 108 cm³/mol. The zero-order valence-corrected chi connectivity index (χ0v) is 16.7. The van der Waals surface area contributed by atoms with E-state index < -0.39 is 17.9 Å². The smallest absolute Gasteiger partial charge is 0.336 e. The van der Waals surface area contributed by atoms with Gasteiger partial charge >= 0.3 is 11.9 Å². The van der Waals surface area contributed by atoms with E-state index >= 15 is 0 Å². The van der Waals surface area contributed by atoms with E-state index in [0.29, 0.717) is 17.1 Å². The number of halogens is 1. The van der Waals surface area contributed by atoms with E-state index in [0.717, 1.165) is 5.56 Å². The van der Waals surface area contributed by atoms with Crippen molar-refractivity contribution in [1.29, 1.82) is 0 Å². The number of phenols is 1. The SMILES string of the molecule is COC(=O)C1=CN(Cc2ccc(Cl)cc2)C=C(C(=O)OC)C1c1ccc(O)cc1. The van der Waals surface area contributed by atoms with Crippen LogP contribution in [0.15, 0.2) is 72.1 Å². The standard InChI is InChI=1S/C22H20ClNO5/c1-28-21(26)18-12-24(11-14-3-7-16(23)8-4-14)13-19(22(27)29-2)20(18)15-5-9-17(25)10-6-15/h3-10,12-13,20,25H,11H2,1-2H3. The van der Waals surface area contributed by atoms with Gasteiger partial charge in [-0.25, -0.2) is 9.59 Å². The predicted octanol–water partition coefficient (Wildman–Crippen LogP) is 3.76. The minimum Gasteiger partial charge on any atom is -0.508 e. The zero-order chi connectivity index (χ0) is 21.0. The van der Waals surface area contributed by atoms with Crippen molar-refractivity contribution in [2.45, 2.75) is 12.5 Å². The molecule has 7 heteroatoms. The minimum atomic E-state index is -0.683. The van der Waals surface area contributed by atoms with Crippen molar-refractivity contribution in [2.75, 3.05) is 14.2 Å². The van der Waals surface area contributed by atoms with E-state index in [1.807, 2.05) is 12.1 Å². The van der Waals surface area contributed by atoms with E-state index in [2.05, 4.69) is 0 Å². The van der Waals surface area contributed by atoms with Crippen LogP contribution in [0.25, 0.3) is 0 Å². The summed E-state index contributed by atoms with van der Waals surface area (Å²) in [5.41, 5.74) is 2.17. The fraction of sp³-hybridized carbons (Fsp3) is 0.182. The molecule has 1 aliphatic rings. The minimum absolute atomic E-state index is 0.0844.